The van der Waals surface area contributed by atoms with Gasteiger partial charge in [-0.2, -0.15) is 0 Å². The van der Waals surface area contributed by atoms with Crippen LogP contribution in [-0.4, -0.2) is 48.8 Å². The van der Waals surface area contributed by atoms with Crippen LogP contribution >= 0.6 is 0 Å². The zero-order valence-corrected chi connectivity index (χ0v) is 9.73. The molecule has 1 N–H and O–H groups in total. The van der Waals surface area contributed by atoms with Gasteiger partial charge in [0.2, 0.25) is 5.91 Å². The van der Waals surface area contributed by atoms with Gasteiger partial charge in [-0.25, -0.2) is 0 Å². The smallest absolute Gasteiger partial charge is 0.226 e. The lowest BCUT2D eigenvalue weighted by molar-refractivity contribution is -0.143. The Bertz CT molecular complexity index is 238. The first-order chi connectivity index (χ1) is 7.83. The van der Waals surface area contributed by atoms with E-state index >= 15 is 0 Å². The summed E-state index contributed by atoms with van der Waals surface area (Å²) < 4.78 is 5.25. The molecule has 0 radical (unpaired) electrons. The highest BCUT2D eigenvalue weighted by atomic mass is 16.5. The normalized spacial score (nSPS) is 31.4. The van der Waals surface area contributed by atoms with Gasteiger partial charge in [0.05, 0.1) is 13.2 Å². The first-order valence-corrected chi connectivity index (χ1v) is 6.30. The van der Waals surface area contributed by atoms with Gasteiger partial charge in [-0.05, 0) is 18.8 Å². The third-order valence-electron chi connectivity index (χ3n) is 3.78. The number of carbonyl (C=O) groups excluding carboxylic acids is 1. The van der Waals surface area contributed by atoms with Gasteiger partial charge in [0.15, 0.2) is 0 Å². The maximum absolute atomic E-state index is 12.3. The Balaban J connectivity index is 1.95. The number of nitrogens with zero attached hydrogens (tertiary/aromatic N) is 1. The van der Waals surface area contributed by atoms with E-state index in [1.54, 1.807) is 0 Å². The van der Waals surface area contributed by atoms with E-state index in [-0.39, 0.29) is 24.3 Å². The van der Waals surface area contributed by atoms with Gasteiger partial charge in [0.25, 0.3) is 0 Å². The van der Waals surface area contributed by atoms with Gasteiger partial charge in [0.1, 0.15) is 0 Å². The third kappa shape index (κ3) is 2.55. The van der Waals surface area contributed by atoms with Crippen LogP contribution in [-0.2, 0) is 9.53 Å². The van der Waals surface area contributed by atoms with Gasteiger partial charge < -0.3 is 14.7 Å². The van der Waals surface area contributed by atoms with Crippen molar-refractivity contribution in [1.29, 1.82) is 0 Å². The Morgan fingerprint density at radius 3 is 2.62 bits per heavy atom. The Morgan fingerprint density at radius 2 is 1.94 bits per heavy atom. The molecule has 1 saturated carbocycles. The number of carbonyl (C=O) groups is 1. The predicted molar refractivity (Wildman–Crippen MR) is 59.9 cm³/mol. The van der Waals surface area contributed by atoms with E-state index in [1.165, 1.54) is 0 Å². The van der Waals surface area contributed by atoms with Crippen molar-refractivity contribution < 1.29 is 14.6 Å². The molecule has 4 heteroatoms. The minimum absolute atomic E-state index is 0.0526. The van der Waals surface area contributed by atoms with Crippen molar-refractivity contribution in [3.63, 3.8) is 0 Å². The highest BCUT2D eigenvalue weighted by molar-refractivity contribution is 5.79. The van der Waals surface area contributed by atoms with Crippen LogP contribution in [0.4, 0.5) is 0 Å². The zero-order valence-electron chi connectivity index (χ0n) is 9.73. The molecule has 0 aromatic heterocycles. The molecule has 1 aliphatic carbocycles. The van der Waals surface area contributed by atoms with E-state index in [0.29, 0.717) is 26.3 Å². The second-order valence-electron chi connectivity index (χ2n) is 4.77. The molecule has 0 spiro atoms. The van der Waals surface area contributed by atoms with Crippen molar-refractivity contribution in [2.75, 3.05) is 32.9 Å². The maximum atomic E-state index is 12.3. The molecule has 2 rings (SSSR count). The van der Waals surface area contributed by atoms with Gasteiger partial charge >= 0.3 is 0 Å². The van der Waals surface area contributed by atoms with Gasteiger partial charge in [0, 0.05) is 25.6 Å². The second kappa shape index (κ2) is 5.64. The highest BCUT2D eigenvalue weighted by Crippen LogP contribution is 2.31. The summed E-state index contributed by atoms with van der Waals surface area (Å²) in [6, 6.07) is 0. The molecule has 2 fully saturated rings. The van der Waals surface area contributed by atoms with Gasteiger partial charge in [-0.3, -0.25) is 4.79 Å². The highest BCUT2D eigenvalue weighted by Gasteiger charge is 2.33. The van der Waals surface area contributed by atoms with Gasteiger partial charge in [-0.15, -0.1) is 0 Å². The minimum Gasteiger partial charge on any atom is -0.396 e. The molecular formula is C12H21NO3. The number of aliphatic hydroxyl groups excluding tert-OH is 1. The largest absolute Gasteiger partial charge is 0.396 e. The molecule has 0 aromatic carbocycles. The molecule has 2 unspecified atom stereocenters. The Hall–Kier alpha value is -0.610. The van der Waals surface area contributed by atoms with Crippen molar-refractivity contribution in [2.45, 2.75) is 25.7 Å². The number of hydrogen-bond donors (Lipinski definition) is 1. The number of ether oxygens (including phenoxy) is 1. The van der Waals surface area contributed by atoms with Crippen molar-refractivity contribution in [3.8, 4) is 0 Å². The molecular weight excluding hydrogens is 206 g/mol. The van der Waals surface area contributed by atoms with Crippen LogP contribution in [0, 0.1) is 11.8 Å². The molecule has 1 amide bonds. The molecule has 4 nitrogen and oxygen atoms in total. The van der Waals surface area contributed by atoms with Crippen LogP contribution in [0.25, 0.3) is 0 Å². The van der Waals surface area contributed by atoms with E-state index in [4.69, 9.17) is 4.74 Å². The van der Waals surface area contributed by atoms with E-state index in [2.05, 4.69) is 0 Å². The average molecular weight is 227 g/mol. The van der Waals surface area contributed by atoms with E-state index < -0.39 is 0 Å². The lowest BCUT2D eigenvalue weighted by atomic mass is 9.79. The summed E-state index contributed by atoms with van der Waals surface area (Å²) in [5.74, 6) is 0.475. The minimum atomic E-state index is 0.0526. The average Bonchev–Trinajstić information content (AvgIpc) is 2.39. The van der Waals surface area contributed by atoms with E-state index in [9.17, 15) is 9.90 Å². The fourth-order valence-electron chi connectivity index (χ4n) is 2.77. The van der Waals surface area contributed by atoms with Crippen LogP contribution in [0.3, 0.4) is 0 Å². The standard InChI is InChI=1S/C12H21NO3/c14-9-10-3-1-2-4-11(10)12(15)13-5-7-16-8-6-13/h10-11,14H,1-9H2. The molecule has 92 valence electrons. The SMILES string of the molecule is O=C(C1CCCCC1CO)N1CCOCC1. The van der Waals surface area contributed by atoms with Crippen LogP contribution in [0.5, 0.6) is 0 Å². The second-order valence-corrected chi connectivity index (χ2v) is 4.77. The summed E-state index contributed by atoms with van der Waals surface area (Å²) in [4.78, 5) is 14.2. The third-order valence-corrected chi connectivity index (χ3v) is 3.78. The summed E-state index contributed by atoms with van der Waals surface area (Å²) in [6.45, 7) is 2.90. The number of amides is 1. The molecule has 1 aliphatic heterocycles. The van der Waals surface area contributed by atoms with E-state index in [1.807, 2.05) is 4.90 Å². The van der Waals surface area contributed by atoms with Crippen LogP contribution in [0.2, 0.25) is 0 Å². The summed E-state index contributed by atoms with van der Waals surface area (Å²) in [5.41, 5.74) is 0. The fraction of sp³-hybridized carbons (Fsp3) is 0.917. The Morgan fingerprint density at radius 1 is 1.25 bits per heavy atom. The van der Waals surface area contributed by atoms with Crippen molar-refractivity contribution in [3.05, 3.63) is 0 Å². The quantitative estimate of drug-likeness (QED) is 0.753. The number of rotatable bonds is 2. The van der Waals surface area contributed by atoms with Crippen molar-refractivity contribution in [1.82, 2.24) is 4.90 Å². The maximum Gasteiger partial charge on any atom is 0.226 e. The predicted octanol–water partition coefficient (Wildman–Crippen LogP) is 0.644. The van der Waals surface area contributed by atoms with Crippen LogP contribution in [0.15, 0.2) is 0 Å². The monoisotopic (exact) mass is 227 g/mol. The molecule has 2 aliphatic rings. The molecule has 0 aromatic rings. The lowest BCUT2D eigenvalue weighted by Gasteiger charge is -2.35. The number of aliphatic hydroxyl groups is 1. The first kappa shape index (κ1) is 11.9. The summed E-state index contributed by atoms with van der Waals surface area (Å²) in [5, 5.41) is 9.31. The lowest BCUT2D eigenvalue weighted by Crippen LogP contribution is -2.46. The molecule has 1 saturated heterocycles. The Kier molecular flexibility index (Phi) is 4.18. The van der Waals surface area contributed by atoms with E-state index in [0.717, 1.165) is 25.7 Å². The Labute approximate surface area is 96.6 Å². The number of hydrogen-bond acceptors (Lipinski definition) is 3. The first-order valence-electron chi connectivity index (χ1n) is 6.30. The number of morpholine rings is 1. The van der Waals surface area contributed by atoms with Crippen molar-refractivity contribution >= 4 is 5.91 Å². The molecule has 1 heterocycles. The summed E-state index contributed by atoms with van der Waals surface area (Å²) in [7, 11) is 0. The summed E-state index contributed by atoms with van der Waals surface area (Å²) >= 11 is 0. The fourth-order valence-corrected chi connectivity index (χ4v) is 2.77. The zero-order chi connectivity index (χ0) is 11.4. The van der Waals surface area contributed by atoms with Crippen LogP contribution in [0.1, 0.15) is 25.7 Å². The molecule has 16 heavy (non-hydrogen) atoms. The summed E-state index contributed by atoms with van der Waals surface area (Å²) in [6.07, 6.45) is 4.22. The van der Waals surface area contributed by atoms with Gasteiger partial charge in [-0.1, -0.05) is 12.8 Å². The topological polar surface area (TPSA) is 49.8 Å². The molecule has 2 atom stereocenters. The molecule has 0 bridgehead atoms. The van der Waals surface area contributed by atoms with Crippen LogP contribution < -0.4 is 0 Å². The van der Waals surface area contributed by atoms with Crippen molar-refractivity contribution in [2.24, 2.45) is 11.8 Å².